The van der Waals surface area contributed by atoms with E-state index in [4.69, 9.17) is 4.52 Å². The van der Waals surface area contributed by atoms with Crippen LogP contribution < -0.4 is 4.74 Å². The molecule has 0 bridgehead atoms. The van der Waals surface area contributed by atoms with E-state index < -0.39 is 6.61 Å². The van der Waals surface area contributed by atoms with Crippen molar-refractivity contribution in [3.63, 3.8) is 0 Å². The van der Waals surface area contributed by atoms with Gasteiger partial charge in [0.1, 0.15) is 5.75 Å². The minimum absolute atomic E-state index is 0.0239. The quantitative estimate of drug-likeness (QED) is 0.754. The molecule has 1 amide bonds. The first-order valence-electron chi connectivity index (χ1n) is 9.57. The molecule has 0 radical (unpaired) electrons. The summed E-state index contributed by atoms with van der Waals surface area (Å²) in [4.78, 5) is 21.1. The molecule has 1 aromatic carbocycles. The van der Waals surface area contributed by atoms with Crippen LogP contribution in [0.15, 0.2) is 28.8 Å². The molecule has 158 valence electrons. The van der Waals surface area contributed by atoms with Gasteiger partial charge in [-0.1, -0.05) is 32.0 Å². The average Bonchev–Trinajstić information content (AvgIpc) is 3.17. The Morgan fingerprint density at radius 2 is 1.90 bits per heavy atom. The minimum Gasteiger partial charge on any atom is -0.435 e. The second kappa shape index (κ2) is 8.44. The van der Waals surface area contributed by atoms with Crippen LogP contribution in [0.4, 0.5) is 8.78 Å². The van der Waals surface area contributed by atoms with Gasteiger partial charge in [0.15, 0.2) is 5.82 Å². The maximum absolute atomic E-state index is 12.7. The number of halogens is 2. The van der Waals surface area contributed by atoms with Crippen molar-refractivity contribution in [2.45, 2.75) is 45.8 Å². The molecule has 0 saturated carbocycles. The summed E-state index contributed by atoms with van der Waals surface area (Å²) in [7, 11) is 0. The zero-order chi connectivity index (χ0) is 21.2. The lowest BCUT2D eigenvalue weighted by Gasteiger charge is -2.36. The van der Waals surface area contributed by atoms with E-state index >= 15 is 0 Å². The van der Waals surface area contributed by atoms with Crippen LogP contribution in [-0.2, 0) is 5.41 Å². The van der Waals surface area contributed by atoms with E-state index in [1.165, 1.54) is 18.2 Å². The van der Waals surface area contributed by atoms with E-state index in [1.807, 2.05) is 27.7 Å². The zero-order valence-electron chi connectivity index (χ0n) is 17.1. The highest BCUT2D eigenvalue weighted by Crippen LogP contribution is 2.25. The van der Waals surface area contributed by atoms with Crippen molar-refractivity contribution < 1.29 is 22.8 Å². The molecule has 0 aliphatic carbocycles. The molecule has 1 saturated heterocycles. The number of carbonyl (C=O) groups is 1. The van der Waals surface area contributed by atoms with Crippen molar-refractivity contribution in [1.29, 1.82) is 0 Å². The molecule has 1 atom stereocenters. The Balaban J connectivity index is 1.60. The topological polar surface area (TPSA) is 71.7 Å². The molecule has 0 unspecified atom stereocenters. The fourth-order valence-corrected chi connectivity index (χ4v) is 3.17. The molecule has 7 nitrogen and oxygen atoms in total. The van der Waals surface area contributed by atoms with Crippen molar-refractivity contribution in [2.75, 3.05) is 26.2 Å². The summed E-state index contributed by atoms with van der Waals surface area (Å²) < 4.78 is 34.6. The Bertz CT molecular complexity index is 842. The summed E-state index contributed by atoms with van der Waals surface area (Å²) in [6.07, 6.45) is 0. The summed E-state index contributed by atoms with van der Waals surface area (Å²) >= 11 is 0. The van der Waals surface area contributed by atoms with Gasteiger partial charge in [0, 0.05) is 37.2 Å². The lowest BCUT2D eigenvalue weighted by molar-refractivity contribution is -0.0499. The Morgan fingerprint density at radius 1 is 1.21 bits per heavy atom. The summed E-state index contributed by atoms with van der Waals surface area (Å²) in [5.74, 6) is 1.000. The van der Waals surface area contributed by atoms with Gasteiger partial charge in [0.05, 0.1) is 6.04 Å². The van der Waals surface area contributed by atoms with Gasteiger partial charge in [0.2, 0.25) is 5.89 Å². The third-order valence-corrected chi connectivity index (χ3v) is 4.93. The predicted octanol–water partition coefficient (Wildman–Crippen LogP) is 3.49. The van der Waals surface area contributed by atoms with E-state index in [9.17, 15) is 13.6 Å². The second-order valence-corrected chi connectivity index (χ2v) is 8.12. The number of benzene rings is 1. The number of amides is 1. The van der Waals surface area contributed by atoms with Gasteiger partial charge in [0.25, 0.3) is 5.91 Å². The number of aromatic nitrogens is 2. The standard InChI is InChI=1S/C20H26F2N4O3/c1-13(16-23-18(24-29-16)20(2,3)4)25-8-10-26(11-9-25)17(27)14-6-5-7-15(12-14)28-19(21)22/h5-7,12-13,19H,8-11H2,1-4H3/t13-/m0/s1. The third kappa shape index (κ3) is 5.09. The molecule has 0 N–H and O–H groups in total. The number of hydrogen-bond donors (Lipinski definition) is 0. The van der Waals surface area contributed by atoms with Gasteiger partial charge in [-0.05, 0) is 25.1 Å². The molecule has 1 fully saturated rings. The highest BCUT2D eigenvalue weighted by molar-refractivity contribution is 5.94. The van der Waals surface area contributed by atoms with Crippen molar-refractivity contribution in [3.05, 3.63) is 41.5 Å². The van der Waals surface area contributed by atoms with Gasteiger partial charge in [-0.15, -0.1) is 0 Å². The van der Waals surface area contributed by atoms with Crippen LogP contribution in [-0.4, -0.2) is 58.6 Å². The molecule has 3 rings (SSSR count). The highest BCUT2D eigenvalue weighted by Gasteiger charge is 2.29. The van der Waals surface area contributed by atoms with Crippen LogP contribution in [0.2, 0.25) is 0 Å². The largest absolute Gasteiger partial charge is 0.435 e. The van der Waals surface area contributed by atoms with E-state index in [-0.39, 0.29) is 23.1 Å². The predicted molar refractivity (Wildman–Crippen MR) is 102 cm³/mol. The van der Waals surface area contributed by atoms with Crippen LogP contribution in [0.25, 0.3) is 0 Å². The molecular formula is C20H26F2N4O3. The third-order valence-electron chi connectivity index (χ3n) is 4.93. The van der Waals surface area contributed by atoms with Gasteiger partial charge in [-0.25, -0.2) is 0 Å². The van der Waals surface area contributed by atoms with E-state index in [0.717, 1.165) is 0 Å². The summed E-state index contributed by atoms with van der Waals surface area (Å²) in [6, 6.07) is 5.82. The number of alkyl halides is 2. The fourth-order valence-electron chi connectivity index (χ4n) is 3.17. The lowest BCUT2D eigenvalue weighted by atomic mass is 9.96. The Labute approximate surface area is 168 Å². The monoisotopic (exact) mass is 408 g/mol. The first kappa shape index (κ1) is 21.2. The van der Waals surface area contributed by atoms with Crippen molar-refractivity contribution in [2.24, 2.45) is 0 Å². The van der Waals surface area contributed by atoms with Gasteiger partial charge in [-0.2, -0.15) is 13.8 Å². The summed E-state index contributed by atoms with van der Waals surface area (Å²) in [5, 5.41) is 4.07. The second-order valence-electron chi connectivity index (χ2n) is 8.12. The van der Waals surface area contributed by atoms with Gasteiger partial charge >= 0.3 is 6.61 Å². The smallest absolute Gasteiger partial charge is 0.387 e. The zero-order valence-corrected chi connectivity index (χ0v) is 17.1. The van der Waals surface area contributed by atoms with Crippen molar-refractivity contribution in [3.8, 4) is 5.75 Å². The molecule has 0 spiro atoms. The van der Waals surface area contributed by atoms with Gasteiger partial charge in [-0.3, -0.25) is 9.69 Å². The lowest BCUT2D eigenvalue weighted by Crippen LogP contribution is -2.49. The van der Waals surface area contributed by atoms with Crippen molar-refractivity contribution >= 4 is 5.91 Å². The van der Waals surface area contributed by atoms with Crippen LogP contribution in [0, 0.1) is 0 Å². The number of nitrogens with zero attached hydrogens (tertiary/aromatic N) is 4. The van der Waals surface area contributed by atoms with Gasteiger partial charge < -0.3 is 14.2 Å². The molecule has 29 heavy (non-hydrogen) atoms. The van der Waals surface area contributed by atoms with Crippen molar-refractivity contribution in [1.82, 2.24) is 19.9 Å². The van der Waals surface area contributed by atoms with E-state index in [1.54, 1.807) is 11.0 Å². The summed E-state index contributed by atoms with van der Waals surface area (Å²) in [5.41, 5.74) is 0.145. The molecular weight excluding hydrogens is 382 g/mol. The number of hydrogen-bond acceptors (Lipinski definition) is 6. The molecule has 1 aliphatic rings. The maximum Gasteiger partial charge on any atom is 0.387 e. The van der Waals surface area contributed by atoms with Crippen LogP contribution in [0.3, 0.4) is 0 Å². The minimum atomic E-state index is -2.92. The first-order chi connectivity index (χ1) is 13.6. The molecule has 2 aromatic rings. The Hall–Kier alpha value is -2.55. The number of rotatable bonds is 5. The molecule has 2 heterocycles. The SMILES string of the molecule is C[C@@H](c1nc(C(C)(C)C)no1)N1CCN(C(=O)c2cccc(OC(F)F)c2)CC1. The summed E-state index contributed by atoms with van der Waals surface area (Å²) in [6.45, 7) is 7.48. The van der Waals surface area contributed by atoms with E-state index in [0.29, 0.717) is 43.5 Å². The van der Waals surface area contributed by atoms with Crippen LogP contribution in [0.5, 0.6) is 5.75 Å². The molecule has 1 aromatic heterocycles. The highest BCUT2D eigenvalue weighted by atomic mass is 19.3. The Kier molecular flexibility index (Phi) is 6.16. The average molecular weight is 408 g/mol. The van der Waals surface area contributed by atoms with Crippen LogP contribution >= 0.6 is 0 Å². The fraction of sp³-hybridized carbons (Fsp3) is 0.550. The molecule has 9 heteroatoms. The first-order valence-corrected chi connectivity index (χ1v) is 9.57. The maximum atomic E-state index is 12.7. The van der Waals surface area contributed by atoms with Crippen LogP contribution in [0.1, 0.15) is 55.8 Å². The van der Waals surface area contributed by atoms with E-state index in [2.05, 4.69) is 19.8 Å². The number of piperazine rings is 1. The number of carbonyl (C=O) groups excluding carboxylic acids is 1. The molecule has 1 aliphatic heterocycles. The normalized spacial score (nSPS) is 16.9. The number of ether oxygens (including phenoxy) is 1. The Morgan fingerprint density at radius 3 is 2.48 bits per heavy atom.